The van der Waals surface area contributed by atoms with Gasteiger partial charge < -0.3 is 5.11 Å². The first-order valence-electron chi connectivity index (χ1n) is 5.21. The lowest BCUT2D eigenvalue weighted by atomic mass is 10.0. The lowest BCUT2D eigenvalue weighted by molar-refractivity contribution is -0.114. The van der Waals surface area contributed by atoms with E-state index in [1.165, 1.54) is 0 Å². The topological polar surface area (TPSA) is 23.5 Å². The van der Waals surface area contributed by atoms with E-state index in [1.807, 2.05) is 27.7 Å². The van der Waals surface area contributed by atoms with Gasteiger partial charge in [-0.3, -0.25) is 4.90 Å². The average molecular weight is 209 g/mol. The Kier molecular flexibility index (Phi) is 5.52. The molecule has 1 heterocycles. The van der Waals surface area contributed by atoms with E-state index in [-0.39, 0.29) is 12.6 Å². The Balaban J connectivity index is 0.000000791. The third-order valence-electron chi connectivity index (χ3n) is 2.14. The lowest BCUT2D eigenvalue weighted by Gasteiger charge is -2.37. The lowest BCUT2D eigenvalue weighted by Crippen LogP contribution is -2.51. The molecule has 1 aliphatic heterocycles. The van der Waals surface area contributed by atoms with Crippen LogP contribution in [0.2, 0.25) is 0 Å². The Morgan fingerprint density at radius 1 is 1.36 bits per heavy atom. The van der Waals surface area contributed by atoms with Gasteiger partial charge in [0.25, 0.3) is 5.92 Å². The number of aliphatic hydroxyl groups is 1. The number of aliphatic hydroxyl groups excluding tert-OH is 1. The van der Waals surface area contributed by atoms with E-state index in [1.54, 1.807) is 4.90 Å². The van der Waals surface area contributed by atoms with Crippen molar-refractivity contribution in [2.24, 2.45) is 0 Å². The van der Waals surface area contributed by atoms with Crippen molar-refractivity contribution in [2.45, 2.75) is 52.2 Å². The standard InChI is InChI=1S/C8H15F2NO.C2H6/c1-6(2)11-4-7(12)3-8(9,10)5-11;1-2/h6-7,12H,3-5H2,1-2H3;1-2H3. The molecule has 1 saturated heterocycles. The monoisotopic (exact) mass is 209 g/mol. The van der Waals surface area contributed by atoms with Crippen LogP contribution in [0.3, 0.4) is 0 Å². The van der Waals surface area contributed by atoms with Crippen LogP contribution in [0.5, 0.6) is 0 Å². The van der Waals surface area contributed by atoms with Gasteiger partial charge in [0, 0.05) is 19.0 Å². The minimum absolute atomic E-state index is 0.0748. The van der Waals surface area contributed by atoms with Crippen molar-refractivity contribution in [3.8, 4) is 0 Å². The molecule has 0 bridgehead atoms. The first kappa shape index (κ1) is 13.8. The van der Waals surface area contributed by atoms with E-state index in [9.17, 15) is 8.78 Å². The van der Waals surface area contributed by atoms with Crippen LogP contribution in [0, 0.1) is 0 Å². The molecule has 1 aliphatic rings. The summed E-state index contributed by atoms with van der Waals surface area (Å²) in [4.78, 5) is 1.61. The third-order valence-corrected chi connectivity index (χ3v) is 2.14. The number of rotatable bonds is 1. The van der Waals surface area contributed by atoms with Gasteiger partial charge in [-0.15, -0.1) is 0 Å². The van der Waals surface area contributed by atoms with Crippen LogP contribution in [0.15, 0.2) is 0 Å². The molecule has 86 valence electrons. The molecule has 1 N–H and O–H groups in total. The molecular formula is C10H21F2NO. The normalized spacial score (nSPS) is 27.0. The first-order chi connectivity index (χ1) is 6.41. The highest BCUT2D eigenvalue weighted by Crippen LogP contribution is 2.27. The maximum absolute atomic E-state index is 12.9. The maximum atomic E-state index is 12.9. The second-order valence-corrected chi connectivity index (χ2v) is 3.74. The van der Waals surface area contributed by atoms with Crippen LogP contribution in [0.4, 0.5) is 8.78 Å². The third kappa shape index (κ3) is 4.33. The minimum atomic E-state index is -2.72. The van der Waals surface area contributed by atoms with E-state index >= 15 is 0 Å². The molecule has 0 amide bonds. The van der Waals surface area contributed by atoms with Crippen LogP contribution in [-0.4, -0.2) is 41.2 Å². The molecule has 0 saturated carbocycles. The van der Waals surface area contributed by atoms with Gasteiger partial charge in [-0.25, -0.2) is 8.78 Å². The average Bonchev–Trinajstić information content (AvgIpc) is 2.04. The van der Waals surface area contributed by atoms with Gasteiger partial charge in [-0.2, -0.15) is 0 Å². The van der Waals surface area contributed by atoms with Crippen molar-refractivity contribution in [2.75, 3.05) is 13.1 Å². The number of piperidine rings is 1. The van der Waals surface area contributed by atoms with Crippen LogP contribution in [0.1, 0.15) is 34.1 Å². The molecular weight excluding hydrogens is 188 g/mol. The SMILES string of the molecule is CC.CC(C)N1CC(O)CC(F)(F)C1. The summed E-state index contributed by atoms with van der Waals surface area (Å²) < 4.78 is 25.7. The number of nitrogens with zero attached hydrogens (tertiary/aromatic N) is 1. The van der Waals surface area contributed by atoms with Gasteiger partial charge in [0.2, 0.25) is 0 Å². The molecule has 4 heteroatoms. The second kappa shape index (κ2) is 5.61. The highest BCUT2D eigenvalue weighted by molar-refractivity contribution is 4.85. The van der Waals surface area contributed by atoms with Gasteiger partial charge in [0.05, 0.1) is 12.6 Å². The molecule has 0 aromatic heterocycles. The fraction of sp³-hybridized carbons (Fsp3) is 1.00. The van der Waals surface area contributed by atoms with E-state index in [0.29, 0.717) is 6.54 Å². The van der Waals surface area contributed by atoms with Crippen molar-refractivity contribution in [1.82, 2.24) is 4.90 Å². The van der Waals surface area contributed by atoms with E-state index in [4.69, 9.17) is 5.11 Å². The van der Waals surface area contributed by atoms with Crippen LogP contribution < -0.4 is 0 Å². The highest BCUT2D eigenvalue weighted by atomic mass is 19.3. The fourth-order valence-corrected chi connectivity index (χ4v) is 1.50. The molecule has 0 spiro atoms. The van der Waals surface area contributed by atoms with Crippen molar-refractivity contribution in [1.29, 1.82) is 0 Å². The van der Waals surface area contributed by atoms with E-state index < -0.39 is 18.4 Å². The van der Waals surface area contributed by atoms with Crippen molar-refractivity contribution in [3.63, 3.8) is 0 Å². The molecule has 0 aromatic rings. The summed E-state index contributed by atoms with van der Waals surface area (Å²) in [5, 5.41) is 9.14. The number of β-amino-alcohol motifs (C(OH)–C–C–N with tert-alkyl or cyclic N) is 1. The molecule has 1 unspecified atom stereocenters. The minimum Gasteiger partial charge on any atom is -0.392 e. The zero-order chi connectivity index (χ0) is 11.4. The molecule has 1 rings (SSSR count). The Morgan fingerprint density at radius 2 is 1.86 bits per heavy atom. The summed E-state index contributed by atoms with van der Waals surface area (Å²) in [6, 6.07) is 0.0748. The van der Waals surface area contributed by atoms with Gasteiger partial charge in [-0.1, -0.05) is 13.8 Å². The molecule has 2 nitrogen and oxygen atoms in total. The maximum Gasteiger partial charge on any atom is 0.263 e. The highest BCUT2D eigenvalue weighted by Gasteiger charge is 2.40. The summed E-state index contributed by atoms with van der Waals surface area (Å²) in [5.74, 6) is -2.72. The fourth-order valence-electron chi connectivity index (χ4n) is 1.50. The molecule has 1 atom stereocenters. The predicted octanol–water partition coefficient (Wildman–Crippen LogP) is 2.12. The smallest absolute Gasteiger partial charge is 0.263 e. The van der Waals surface area contributed by atoms with Gasteiger partial charge >= 0.3 is 0 Å². The Labute approximate surface area is 84.9 Å². The Hall–Kier alpha value is -0.220. The molecule has 0 aliphatic carbocycles. The van der Waals surface area contributed by atoms with Crippen LogP contribution >= 0.6 is 0 Å². The largest absolute Gasteiger partial charge is 0.392 e. The van der Waals surface area contributed by atoms with Crippen LogP contribution in [0.25, 0.3) is 0 Å². The Bertz CT molecular complexity index is 162. The quantitative estimate of drug-likeness (QED) is 0.715. The zero-order valence-electron chi connectivity index (χ0n) is 9.43. The van der Waals surface area contributed by atoms with E-state index in [0.717, 1.165) is 0 Å². The first-order valence-corrected chi connectivity index (χ1v) is 5.21. The predicted molar refractivity (Wildman–Crippen MR) is 53.6 cm³/mol. The summed E-state index contributed by atoms with van der Waals surface area (Å²) >= 11 is 0. The molecule has 0 aromatic carbocycles. The molecule has 1 fully saturated rings. The Morgan fingerprint density at radius 3 is 2.21 bits per heavy atom. The number of halogens is 2. The molecule has 14 heavy (non-hydrogen) atoms. The van der Waals surface area contributed by atoms with Crippen molar-refractivity contribution in [3.05, 3.63) is 0 Å². The number of likely N-dealkylation sites (tertiary alicyclic amines) is 1. The summed E-state index contributed by atoms with van der Waals surface area (Å²) in [6.45, 7) is 7.86. The summed E-state index contributed by atoms with van der Waals surface area (Å²) in [7, 11) is 0. The van der Waals surface area contributed by atoms with Gasteiger partial charge in [0.15, 0.2) is 0 Å². The van der Waals surface area contributed by atoms with Crippen molar-refractivity contribution >= 4 is 0 Å². The van der Waals surface area contributed by atoms with Crippen molar-refractivity contribution < 1.29 is 13.9 Å². The second-order valence-electron chi connectivity index (χ2n) is 3.74. The number of alkyl halides is 2. The zero-order valence-corrected chi connectivity index (χ0v) is 9.43. The van der Waals surface area contributed by atoms with Crippen LogP contribution in [-0.2, 0) is 0 Å². The van der Waals surface area contributed by atoms with Gasteiger partial charge in [0.1, 0.15) is 0 Å². The van der Waals surface area contributed by atoms with E-state index in [2.05, 4.69) is 0 Å². The summed E-state index contributed by atoms with van der Waals surface area (Å²) in [6.07, 6.45) is -1.27. The van der Waals surface area contributed by atoms with Gasteiger partial charge in [-0.05, 0) is 13.8 Å². The summed E-state index contributed by atoms with van der Waals surface area (Å²) in [5.41, 5.74) is 0. The number of hydrogen-bond donors (Lipinski definition) is 1. The molecule has 0 radical (unpaired) electrons. The number of hydrogen-bond acceptors (Lipinski definition) is 2.